The molecule has 1 aromatic heterocycles. The molecule has 112 valence electrons. The molecule has 0 saturated heterocycles. The first-order chi connectivity index (χ1) is 9.81. The van der Waals surface area contributed by atoms with Gasteiger partial charge in [-0.05, 0) is 45.5 Å². The molecule has 0 aliphatic rings. The van der Waals surface area contributed by atoms with Crippen molar-refractivity contribution in [3.63, 3.8) is 0 Å². The second-order valence-corrected chi connectivity index (χ2v) is 7.00. The topological polar surface area (TPSA) is 48.1 Å². The summed E-state index contributed by atoms with van der Waals surface area (Å²) in [6.07, 6.45) is 2.69. The van der Waals surface area contributed by atoms with Crippen molar-refractivity contribution in [1.29, 1.82) is 0 Å². The fraction of sp³-hybridized carbons (Fsp3) is 0.353. The van der Waals surface area contributed by atoms with E-state index in [2.05, 4.69) is 60.7 Å². The van der Waals surface area contributed by atoms with Crippen LogP contribution in [0.4, 0.5) is 5.69 Å². The predicted octanol–water partition coefficient (Wildman–Crippen LogP) is 5.08. The van der Waals surface area contributed by atoms with Crippen LogP contribution in [0.15, 0.2) is 34.9 Å². The number of nitrogens with two attached hydrogens (primary N) is 1. The zero-order valence-corrected chi connectivity index (χ0v) is 14.5. The van der Waals surface area contributed by atoms with Gasteiger partial charge < -0.3 is 10.5 Å². The third kappa shape index (κ3) is 3.76. The van der Waals surface area contributed by atoms with Crippen molar-refractivity contribution < 1.29 is 4.74 Å². The monoisotopic (exact) mass is 348 g/mol. The van der Waals surface area contributed by atoms with E-state index < -0.39 is 0 Å². The minimum Gasteiger partial charge on any atom is -0.437 e. The predicted molar refractivity (Wildman–Crippen MR) is 90.9 cm³/mol. The molecule has 2 aromatic rings. The zero-order valence-electron chi connectivity index (χ0n) is 12.9. The number of pyridine rings is 1. The van der Waals surface area contributed by atoms with Gasteiger partial charge in [0.15, 0.2) is 0 Å². The van der Waals surface area contributed by atoms with E-state index in [1.807, 2.05) is 6.07 Å². The number of hydrogen-bond acceptors (Lipinski definition) is 3. The Morgan fingerprint density at radius 2 is 1.95 bits per heavy atom. The molecule has 3 nitrogen and oxygen atoms in total. The second-order valence-electron chi connectivity index (χ2n) is 6.08. The van der Waals surface area contributed by atoms with Crippen LogP contribution in [0.25, 0.3) is 0 Å². The molecule has 0 unspecified atom stereocenters. The van der Waals surface area contributed by atoms with Crippen molar-refractivity contribution in [3.05, 3.63) is 46.1 Å². The molecular formula is C17H21BrN2O. The third-order valence-electron chi connectivity index (χ3n) is 3.31. The molecule has 21 heavy (non-hydrogen) atoms. The minimum absolute atomic E-state index is 0.00929. The van der Waals surface area contributed by atoms with E-state index in [1.54, 1.807) is 12.3 Å². The fourth-order valence-corrected chi connectivity index (χ4v) is 2.45. The Kier molecular flexibility index (Phi) is 4.57. The molecule has 0 radical (unpaired) electrons. The summed E-state index contributed by atoms with van der Waals surface area (Å²) in [5, 5.41) is 0. The maximum atomic E-state index is 5.97. The molecule has 0 atom stereocenters. The summed E-state index contributed by atoms with van der Waals surface area (Å²) in [5.74, 6) is 1.24. The van der Waals surface area contributed by atoms with Gasteiger partial charge in [0.1, 0.15) is 5.75 Å². The van der Waals surface area contributed by atoms with Crippen LogP contribution in [-0.4, -0.2) is 4.98 Å². The number of rotatable bonds is 3. The molecule has 0 bridgehead atoms. The highest BCUT2D eigenvalue weighted by Crippen LogP contribution is 2.36. The lowest BCUT2D eigenvalue weighted by Crippen LogP contribution is -2.13. The van der Waals surface area contributed by atoms with Crippen LogP contribution < -0.4 is 10.5 Å². The molecule has 1 heterocycles. The number of ether oxygens (including phenoxy) is 1. The van der Waals surface area contributed by atoms with Gasteiger partial charge in [-0.3, -0.25) is 0 Å². The molecule has 2 N–H and O–H groups in total. The molecule has 0 aliphatic carbocycles. The SMILES string of the molecule is CCc1ccc(Oc2ncc(Br)cc2N)c(C(C)(C)C)c1. The molecule has 2 rings (SSSR count). The van der Waals surface area contributed by atoms with Crippen molar-refractivity contribution in [2.75, 3.05) is 5.73 Å². The number of aromatic nitrogens is 1. The number of anilines is 1. The fourth-order valence-electron chi connectivity index (χ4n) is 2.10. The van der Waals surface area contributed by atoms with Crippen molar-refractivity contribution in [2.24, 2.45) is 0 Å². The lowest BCUT2D eigenvalue weighted by Gasteiger charge is -2.23. The Hall–Kier alpha value is -1.55. The highest BCUT2D eigenvalue weighted by molar-refractivity contribution is 9.10. The lowest BCUT2D eigenvalue weighted by molar-refractivity contribution is 0.441. The van der Waals surface area contributed by atoms with Gasteiger partial charge in [-0.25, -0.2) is 4.98 Å². The van der Waals surface area contributed by atoms with Gasteiger partial charge in [0.2, 0.25) is 5.88 Å². The second kappa shape index (κ2) is 6.06. The quantitative estimate of drug-likeness (QED) is 0.841. The number of nitrogens with zero attached hydrogens (tertiary/aromatic N) is 1. The van der Waals surface area contributed by atoms with E-state index >= 15 is 0 Å². The molecule has 4 heteroatoms. The number of benzene rings is 1. The molecule has 0 spiro atoms. The van der Waals surface area contributed by atoms with Crippen LogP contribution in [0.2, 0.25) is 0 Å². The first-order valence-electron chi connectivity index (χ1n) is 7.03. The van der Waals surface area contributed by atoms with Crippen molar-refractivity contribution >= 4 is 21.6 Å². The van der Waals surface area contributed by atoms with Crippen LogP contribution in [0, 0.1) is 0 Å². The summed E-state index contributed by atoms with van der Waals surface area (Å²) in [6.45, 7) is 8.67. The zero-order chi connectivity index (χ0) is 15.6. The maximum absolute atomic E-state index is 5.97. The Labute approximate surface area is 134 Å². The van der Waals surface area contributed by atoms with Crippen molar-refractivity contribution in [2.45, 2.75) is 39.5 Å². The van der Waals surface area contributed by atoms with E-state index in [-0.39, 0.29) is 5.41 Å². The average molecular weight is 349 g/mol. The first-order valence-corrected chi connectivity index (χ1v) is 7.83. The van der Waals surface area contributed by atoms with E-state index in [0.29, 0.717) is 11.6 Å². The molecule has 0 aliphatic heterocycles. The molecule has 1 aromatic carbocycles. The highest BCUT2D eigenvalue weighted by Gasteiger charge is 2.20. The Bertz CT molecular complexity index is 648. The van der Waals surface area contributed by atoms with Gasteiger partial charge in [-0.1, -0.05) is 39.8 Å². The summed E-state index contributed by atoms with van der Waals surface area (Å²) in [7, 11) is 0. The number of aryl methyl sites for hydroxylation is 1. The number of hydrogen-bond donors (Lipinski definition) is 1. The maximum Gasteiger partial charge on any atom is 0.242 e. The van der Waals surface area contributed by atoms with Gasteiger partial charge in [0.05, 0.1) is 5.69 Å². The molecular weight excluding hydrogens is 328 g/mol. The minimum atomic E-state index is -0.00929. The van der Waals surface area contributed by atoms with Gasteiger partial charge in [0, 0.05) is 16.2 Å². The Balaban J connectivity index is 2.44. The summed E-state index contributed by atoms with van der Waals surface area (Å²) in [6, 6.07) is 8.08. The van der Waals surface area contributed by atoms with E-state index in [0.717, 1.165) is 22.2 Å². The number of nitrogen functional groups attached to an aromatic ring is 1. The molecule has 0 saturated carbocycles. The van der Waals surface area contributed by atoms with Gasteiger partial charge in [-0.15, -0.1) is 0 Å². The third-order valence-corrected chi connectivity index (χ3v) is 3.75. The van der Waals surface area contributed by atoms with Crippen LogP contribution >= 0.6 is 15.9 Å². The van der Waals surface area contributed by atoms with Gasteiger partial charge in [-0.2, -0.15) is 0 Å². The summed E-state index contributed by atoms with van der Waals surface area (Å²) in [5.41, 5.74) is 8.93. The van der Waals surface area contributed by atoms with Crippen LogP contribution in [0.5, 0.6) is 11.6 Å². The summed E-state index contributed by atoms with van der Waals surface area (Å²) >= 11 is 3.35. The average Bonchev–Trinajstić information content (AvgIpc) is 2.41. The van der Waals surface area contributed by atoms with E-state index in [1.165, 1.54) is 5.56 Å². The standard InChI is InChI=1S/C17H21BrN2O/c1-5-11-6-7-15(13(8-11)17(2,3)4)21-16-14(19)9-12(18)10-20-16/h6-10H,5,19H2,1-4H3. The Morgan fingerprint density at radius 3 is 2.52 bits per heavy atom. The summed E-state index contributed by atoms with van der Waals surface area (Å²) < 4.78 is 6.80. The normalized spacial score (nSPS) is 11.5. The highest BCUT2D eigenvalue weighted by atomic mass is 79.9. The van der Waals surface area contributed by atoms with Gasteiger partial charge >= 0.3 is 0 Å². The van der Waals surface area contributed by atoms with Crippen LogP contribution in [0.3, 0.4) is 0 Å². The smallest absolute Gasteiger partial charge is 0.242 e. The molecule has 0 amide bonds. The van der Waals surface area contributed by atoms with Crippen LogP contribution in [0.1, 0.15) is 38.8 Å². The largest absolute Gasteiger partial charge is 0.437 e. The van der Waals surface area contributed by atoms with Crippen LogP contribution in [-0.2, 0) is 11.8 Å². The van der Waals surface area contributed by atoms with Crippen molar-refractivity contribution in [1.82, 2.24) is 4.98 Å². The summed E-state index contributed by atoms with van der Waals surface area (Å²) in [4.78, 5) is 4.24. The lowest BCUT2D eigenvalue weighted by atomic mass is 9.85. The molecule has 0 fully saturated rings. The van der Waals surface area contributed by atoms with Crippen molar-refractivity contribution in [3.8, 4) is 11.6 Å². The Morgan fingerprint density at radius 1 is 1.24 bits per heavy atom. The van der Waals surface area contributed by atoms with Gasteiger partial charge in [0.25, 0.3) is 0 Å². The van der Waals surface area contributed by atoms with E-state index in [4.69, 9.17) is 10.5 Å². The van der Waals surface area contributed by atoms with E-state index in [9.17, 15) is 0 Å². The first kappa shape index (κ1) is 15.8. The number of halogens is 1.